The van der Waals surface area contributed by atoms with Crippen LogP contribution in [0.4, 0.5) is 0 Å². The molecular weight excluding hydrogens is 436 g/mol. The van der Waals surface area contributed by atoms with Gasteiger partial charge in [0.1, 0.15) is 17.4 Å². The average Bonchev–Trinajstić information content (AvgIpc) is 3.21. The van der Waals surface area contributed by atoms with E-state index < -0.39 is 29.6 Å². The largest absolute Gasteiger partial charge is 0.481 e. The second kappa shape index (κ2) is 9.82. The maximum Gasteiger partial charge on any atom is 0.336 e. The fourth-order valence-electron chi connectivity index (χ4n) is 4.03. The molecule has 8 nitrogen and oxygen atoms in total. The highest BCUT2D eigenvalue weighted by Crippen LogP contribution is 2.24. The number of H-pyrrole nitrogens is 1. The van der Waals surface area contributed by atoms with E-state index in [0.717, 1.165) is 40.3 Å². The number of hydrogen-bond acceptors (Lipinski definition) is 5. The molecule has 2 aromatic carbocycles. The first-order valence-electron chi connectivity index (χ1n) is 11.2. The lowest BCUT2D eigenvalue weighted by Gasteiger charge is -2.19. The molecule has 0 saturated heterocycles. The van der Waals surface area contributed by atoms with Crippen LogP contribution in [0.2, 0.25) is 0 Å². The highest BCUT2D eigenvalue weighted by Gasteiger charge is 2.25. The standard InChI is InChI=1S/C26H26N2O6/c1-3-6-16-12-24(29)34-23-13-18(9-10-20(16)23)33-15(2)25(30)28-22(26(31)32)11-17-14-27-21-8-5-4-7-19(17)21/h4-5,7-10,12-15,22,27H,3,6,11H2,1-2H3,(H,28,30)(H,31,32)/t15?,22-/m0/s1. The lowest BCUT2D eigenvalue weighted by Crippen LogP contribution is -2.47. The van der Waals surface area contributed by atoms with Crippen LogP contribution in [0.15, 0.2) is 63.9 Å². The molecule has 0 saturated carbocycles. The smallest absolute Gasteiger partial charge is 0.336 e. The van der Waals surface area contributed by atoms with Crippen molar-refractivity contribution in [1.29, 1.82) is 0 Å². The van der Waals surface area contributed by atoms with Gasteiger partial charge in [-0.1, -0.05) is 31.5 Å². The van der Waals surface area contributed by atoms with Crippen molar-refractivity contribution in [2.75, 3.05) is 0 Å². The van der Waals surface area contributed by atoms with Crippen molar-refractivity contribution in [2.45, 2.75) is 45.3 Å². The quantitative estimate of drug-likeness (QED) is 0.325. The lowest BCUT2D eigenvalue weighted by atomic mass is 10.0. The average molecular weight is 463 g/mol. The number of fused-ring (bicyclic) bond motifs is 2. The second-order valence-electron chi connectivity index (χ2n) is 8.22. The maximum absolute atomic E-state index is 12.7. The Labute approximate surface area is 195 Å². The van der Waals surface area contributed by atoms with Crippen LogP contribution >= 0.6 is 0 Å². The number of rotatable bonds is 9. The lowest BCUT2D eigenvalue weighted by molar-refractivity contribution is -0.142. The Morgan fingerprint density at radius 1 is 1.12 bits per heavy atom. The first-order valence-corrected chi connectivity index (χ1v) is 11.2. The number of carboxylic acids is 1. The number of aromatic amines is 1. The molecule has 2 aromatic heterocycles. The zero-order valence-electron chi connectivity index (χ0n) is 19.0. The van der Waals surface area contributed by atoms with Crippen LogP contribution in [-0.2, 0) is 22.4 Å². The van der Waals surface area contributed by atoms with Crippen molar-refractivity contribution >= 4 is 33.7 Å². The number of amides is 1. The molecule has 4 aromatic rings. The maximum atomic E-state index is 12.7. The Balaban J connectivity index is 1.47. The van der Waals surface area contributed by atoms with Crippen molar-refractivity contribution in [1.82, 2.24) is 10.3 Å². The number of benzene rings is 2. The topological polar surface area (TPSA) is 122 Å². The number of nitrogens with one attached hydrogen (secondary N) is 2. The van der Waals surface area contributed by atoms with E-state index in [2.05, 4.69) is 10.3 Å². The number of aryl methyl sites for hydroxylation is 1. The Kier molecular flexibility index (Phi) is 6.67. The minimum atomic E-state index is -1.14. The van der Waals surface area contributed by atoms with Crippen LogP contribution in [0.5, 0.6) is 5.75 Å². The van der Waals surface area contributed by atoms with Gasteiger partial charge >= 0.3 is 11.6 Å². The van der Waals surface area contributed by atoms with Gasteiger partial charge in [0.2, 0.25) is 0 Å². The summed E-state index contributed by atoms with van der Waals surface area (Å²) >= 11 is 0. The Morgan fingerprint density at radius 3 is 2.68 bits per heavy atom. The highest BCUT2D eigenvalue weighted by atomic mass is 16.5. The molecule has 0 fully saturated rings. The van der Waals surface area contributed by atoms with E-state index in [1.165, 1.54) is 13.0 Å². The summed E-state index contributed by atoms with van der Waals surface area (Å²) in [6.45, 7) is 3.56. The van der Waals surface area contributed by atoms with E-state index in [1.54, 1.807) is 24.4 Å². The summed E-state index contributed by atoms with van der Waals surface area (Å²) < 4.78 is 11.0. The van der Waals surface area contributed by atoms with Gasteiger partial charge in [0.05, 0.1) is 0 Å². The molecule has 3 N–H and O–H groups in total. The molecule has 2 atom stereocenters. The molecule has 2 heterocycles. The zero-order chi connectivity index (χ0) is 24.2. The van der Waals surface area contributed by atoms with Crippen molar-refractivity contribution < 1.29 is 23.8 Å². The first kappa shape index (κ1) is 23.1. The normalized spacial score (nSPS) is 13.0. The number of ether oxygens (including phenoxy) is 1. The van der Waals surface area contributed by atoms with E-state index in [4.69, 9.17) is 9.15 Å². The third kappa shape index (κ3) is 4.96. The molecule has 0 aliphatic rings. The van der Waals surface area contributed by atoms with Gasteiger partial charge in [-0.15, -0.1) is 0 Å². The van der Waals surface area contributed by atoms with Crippen LogP contribution < -0.4 is 15.7 Å². The minimum absolute atomic E-state index is 0.124. The van der Waals surface area contributed by atoms with E-state index in [-0.39, 0.29) is 6.42 Å². The molecule has 0 spiro atoms. The predicted molar refractivity (Wildman–Crippen MR) is 128 cm³/mol. The van der Waals surface area contributed by atoms with Crippen LogP contribution in [-0.4, -0.2) is 34.1 Å². The summed E-state index contributed by atoms with van der Waals surface area (Å²) in [6.07, 6.45) is 2.54. The molecule has 34 heavy (non-hydrogen) atoms. The van der Waals surface area contributed by atoms with E-state index in [9.17, 15) is 19.5 Å². The van der Waals surface area contributed by atoms with Crippen molar-refractivity contribution in [3.05, 3.63) is 76.3 Å². The Bertz CT molecular complexity index is 1400. The third-order valence-electron chi connectivity index (χ3n) is 5.72. The summed E-state index contributed by atoms with van der Waals surface area (Å²) in [7, 11) is 0. The van der Waals surface area contributed by atoms with Crippen LogP contribution in [0.3, 0.4) is 0 Å². The molecule has 176 valence electrons. The number of aliphatic carboxylic acids is 1. The predicted octanol–water partition coefficient (Wildman–Crippen LogP) is 3.81. The number of para-hydroxylation sites is 1. The molecule has 0 aliphatic heterocycles. The van der Waals surface area contributed by atoms with Crippen LogP contribution in [0.1, 0.15) is 31.4 Å². The fourth-order valence-corrected chi connectivity index (χ4v) is 4.03. The fraction of sp³-hybridized carbons (Fsp3) is 0.269. The number of aromatic nitrogens is 1. The van der Waals surface area contributed by atoms with Gasteiger partial charge < -0.3 is 24.6 Å². The van der Waals surface area contributed by atoms with Gasteiger partial charge in [-0.3, -0.25) is 4.79 Å². The van der Waals surface area contributed by atoms with Crippen molar-refractivity contribution in [3.63, 3.8) is 0 Å². The van der Waals surface area contributed by atoms with Gasteiger partial charge in [0, 0.05) is 41.0 Å². The third-order valence-corrected chi connectivity index (χ3v) is 5.72. The highest BCUT2D eigenvalue weighted by molar-refractivity contribution is 5.88. The van der Waals surface area contributed by atoms with Crippen molar-refractivity contribution in [2.24, 2.45) is 0 Å². The molecule has 4 rings (SSSR count). The number of carboxylic acid groups (broad SMARTS) is 1. The summed E-state index contributed by atoms with van der Waals surface area (Å²) in [6, 6.07) is 13.0. The number of carbonyl (C=O) groups is 2. The van der Waals surface area contributed by atoms with E-state index in [0.29, 0.717) is 11.3 Å². The van der Waals surface area contributed by atoms with Crippen LogP contribution in [0, 0.1) is 0 Å². The summed E-state index contributed by atoms with van der Waals surface area (Å²) in [4.78, 5) is 39.6. The molecule has 0 radical (unpaired) electrons. The number of carbonyl (C=O) groups excluding carboxylic acids is 1. The summed E-state index contributed by atoms with van der Waals surface area (Å²) in [5, 5.41) is 14.0. The molecule has 1 amide bonds. The van der Waals surface area contributed by atoms with Gasteiger partial charge in [-0.05, 0) is 42.7 Å². The monoisotopic (exact) mass is 462 g/mol. The first-order chi connectivity index (χ1) is 16.4. The molecule has 0 bridgehead atoms. The van der Waals surface area contributed by atoms with Crippen molar-refractivity contribution in [3.8, 4) is 5.75 Å². The Hall–Kier alpha value is -4.07. The minimum Gasteiger partial charge on any atom is -0.481 e. The van der Waals surface area contributed by atoms with Gasteiger partial charge in [0.25, 0.3) is 5.91 Å². The molecule has 1 unspecified atom stereocenters. The SMILES string of the molecule is CCCc1cc(=O)oc2cc(OC(C)C(=O)N[C@@H](Cc3c[nH]c4ccccc34)C(=O)O)ccc12. The second-order valence-corrected chi connectivity index (χ2v) is 8.22. The van der Waals surface area contributed by atoms with E-state index >= 15 is 0 Å². The molecule has 0 aliphatic carbocycles. The number of hydrogen-bond donors (Lipinski definition) is 3. The summed E-state index contributed by atoms with van der Waals surface area (Å²) in [5.74, 6) is -1.36. The molecular formula is C26H26N2O6. The van der Waals surface area contributed by atoms with Gasteiger partial charge in [-0.25, -0.2) is 9.59 Å². The van der Waals surface area contributed by atoms with Gasteiger partial charge in [0.15, 0.2) is 6.10 Å². The zero-order valence-corrected chi connectivity index (χ0v) is 19.0. The van der Waals surface area contributed by atoms with Crippen LogP contribution in [0.25, 0.3) is 21.9 Å². The Morgan fingerprint density at radius 2 is 1.91 bits per heavy atom. The molecule has 8 heteroatoms. The van der Waals surface area contributed by atoms with Gasteiger partial charge in [-0.2, -0.15) is 0 Å². The van der Waals surface area contributed by atoms with E-state index in [1.807, 2.05) is 31.2 Å². The summed E-state index contributed by atoms with van der Waals surface area (Å²) in [5.41, 5.74) is 2.52.